The van der Waals surface area contributed by atoms with E-state index in [1.165, 1.54) is 0 Å². The number of likely N-dealkylation sites (tertiary alicyclic amines) is 1. The van der Waals surface area contributed by atoms with E-state index in [-0.39, 0.29) is 40.9 Å². The van der Waals surface area contributed by atoms with Gasteiger partial charge < -0.3 is 25.4 Å². The highest BCUT2D eigenvalue weighted by Gasteiger charge is 2.76. The van der Waals surface area contributed by atoms with Gasteiger partial charge in [0.25, 0.3) is 0 Å². The van der Waals surface area contributed by atoms with Crippen LogP contribution in [0.4, 0.5) is 5.69 Å². The van der Waals surface area contributed by atoms with Gasteiger partial charge >= 0.3 is 0 Å². The van der Waals surface area contributed by atoms with Crippen molar-refractivity contribution in [2.24, 2.45) is 23.2 Å². The summed E-state index contributed by atoms with van der Waals surface area (Å²) in [4.78, 5) is 45.0. The number of anilines is 1. The van der Waals surface area contributed by atoms with E-state index in [1.54, 1.807) is 28.8 Å². The Morgan fingerprint density at radius 3 is 2.33 bits per heavy atom. The van der Waals surface area contributed by atoms with Crippen LogP contribution in [0.15, 0.2) is 54.6 Å². The Bertz CT molecular complexity index is 1390. The van der Waals surface area contributed by atoms with Gasteiger partial charge in [0, 0.05) is 16.5 Å². The molecule has 7 atom stereocenters. The molecule has 8 nitrogen and oxygen atoms in total. The Morgan fingerprint density at radius 2 is 1.73 bits per heavy atom. The van der Waals surface area contributed by atoms with E-state index in [0.717, 1.165) is 24.2 Å². The molecule has 3 saturated heterocycles. The van der Waals surface area contributed by atoms with Gasteiger partial charge in [-0.25, -0.2) is 0 Å². The van der Waals surface area contributed by atoms with Gasteiger partial charge in [-0.2, -0.15) is 0 Å². The van der Waals surface area contributed by atoms with Crippen molar-refractivity contribution in [3.8, 4) is 5.75 Å². The lowest BCUT2D eigenvalue weighted by Crippen LogP contribution is -2.61. The number of hydrogen-bond donors (Lipinski definition) is 3. The predicted molar refractivity (Wildman–Crippen MR) is 179 cm³/mol. The van der Waals surface area contributed by atoms with Crippen LogP contribution in [0.5, 0.6) is 5.75 Å². The number of amides is 3. The number of carbonyl (C=O) groups excluding carboxylic acids is 3. The molecule has 3 aliphatic rings. The second-order valence-corrected chi connectivity index (χ2v) is 16.4. The number of carbonyl (C=O) groups is 3. The third-order valence-corrected chi connectivity index (χ3v) is 11.6. The molecule has 0 aromatic heterocycles. The summed E-state index contributed by atoms with van der Waals surface area (Å²) >= 11 is 1.65. The summed E-state index contributed by atoms with van der Waals surface area (Å²) in [6.07, 6.45) is 1.89. The van der Waals surface area contributed by atoms with Crippen LogP contribution in [-0.4, -0.2) is 68.6 Å². The molecule has 1 spiro atoms. The minimum Gasteiger partial charge on any atom is -0.494 e. The third kappa shape index (κ3) is 6.48. The Morgan fingerprint density at radius 1 is 1.07 bits per heavy atom. The number of fused-ring (bicyclic) bond motifs is 1. The second-order valence-electron chi connectivity index (χ2n) is 14.9. The Balaban J connectivity index is 1.51. The summed E-state index contributed by atoms with van der Waals surface area (Å²) in [6.45, 7) is 14.8. The monoisotopic (exact) mass is 635 g/mol. The molecule has 9 heteroatoms. The summed E-state index contributed by atoms with van der Waals surface area (Å²) in [7, 11) is 0. The lowest BCUT2D eigenvalue weighted by atomic mass is 9.65. The molecular weight excluding hydrogens is 586 g/mol. The summed E-state index contributed by atoms with van der Waals surface area (Å²) in [6, 6.07) is 15.6. The summed E-state index contributed by atoms with van der Waals surface area (Å²) in [5.74, 6) is -1.15. The molecular formula is C36H49N3O5S. The van der Waals surface area contributed by atoms with E-state index < -0.39 is 34.2 Å². The van der Waals surface area contributed by atoms with Crippen LogP contribution < -0.4 is 15.4 Å². The maximum absolute atomic E-state index is 14.7. The number of ether oxygens (including phenoxy) is 1. The SMILES string of the molecule is CCOc1ccc(NC(=O)[C@@H]2[C@H]3C(=O)N([C@@H](CO)Cc4ccccc4)C(C(=O)NC(C)(C)CC(C)(C)C)C34S[C@@H]2CC4C)cc1. The maximum atomic E-state index is 14.7. The minimum absolute atomic E-state index is 0.0262. The van der Waals surface area contributed by atoms with Gasteiger partial charge in [0.15, 0.2) is 0 Å². The molecule has 2 aromatic carbocycles. The van der Waals surface area contributed by atoms with E-state index in [1.807, 2.05) is 63.2 Å². The first-order chi connectivity index (χ1) is 21.2. The van der Waals surface area contributed by atoms with Crippen LogP contribution in [0.1, 0.15) is 66.9 Å². The third-order valence-electron chi connectivity index (χ3n) is 9.52. The minimum atomic E-state index is -0.816. The molecule has 45 heavy (non-hydrogen) atoms. The van der Waals surface area contributed by atoms with Crippen molar-refractivity contribution >= 4 is 35.2 Å². The molecule has 244 valence electrons. The Hall–Kier alpha value is -3.04. The summed E-state index contributed by atoms with van der Waals surface area (Å²) in [5.41, 5.74) is 1.06. The van der Waals surface area contributed by atoms with Crippen LogP contribution in [0, 0.1) is 23.2 Å². The molecule has 0 saturated carbocycles. The van der Waals surface area contributed by atoms with E-state index in [4.69, 9.17) is 4.74 Å². The highest BCUT2D eigenvalue weighted by atomic mass is 32.2. The molecule has 5 rings (SSSR count). The van der Waals surface area contributed by atoms with E-state index in [0.29, 0.717) is 18.7 Å². The van der Waals surface area contributed by atoms with Crippen LogP contribution in [0.3, 0.4) is 0 Å². The van der Waals surface area contributed by atoms with Gasteiger partial charge in [-0.05, 0) is 81.2 Å². The first kappa shape index (κ1) is 33.3. The molecule has 2 aromatic rings. The van der Waals surface area contributed by atoms with E-state index >= 15 is 0 Å². The highest BCUT2D eigenvalue weighted by molar-refractivity contribution is 8.02. The second kappa shape index (κ2) is 12.6. The summed E-state index contributed by atoms with van der Waals surface area (Å²) < 4.78 is 4.76. The average Bonchev–Trinajstić information content (AvgIpc) is 3.55. The zero-order chi connectivity index (χ0) is 32.7. The highest BCUT2D eigenvalue weighted by Crippen LogP contribution is 2.69. The fourth-order valence-corrected chi connectivity index (χ4v) is 10.8. The van der Waals surface area contributed by atoms with Crippen molar-refractivity contribution < 1.29 is 24.2 Å². The van der Waals surface area contributed by atoms with Crippen LogP contribution >= 0.6 is 11.8 Å². The molecule has 3 unspecified atom stereocenters. The maximum Gasteiger partial charge on any atom is 0.244 e. The van der Waals surface area contributed by atoms with Gasteiger partial charge in [-0.3, -0.25) is 14.4 Å². The lowest BCUT2D eigenvalue weighted by molar-refractivity contribution is -0.142. The molecule has 3 amide bonds. The van der Waals surface area contributed by atoms with Crippen molar-refractivity contribution in [2.75, 3.05) is 18.5 Å². The number of rotatable bonds is 11. The number of benzene rings is 2. The molecule has 3 aliphatic heterocycles. The predicted octanol–water partition coefficient (Wildman–Crippen LogP) is 5.30. The number of hydrogen-bond acceptors (Lipinski definition) is 6. The molecule has 0 aliphatic carbocycles. The Kier molecular flexibility index (Phi) is 9.35. The quantitative estimate of drug-likeness (QED) is 0.310. The van der Waals surface area contributed by atoms with Crippen molar-refractivity contribution in [2.45, 2.75) is 95.3 Å². The van der Waals surface area contributed by atoms with Gasteiger partial charge in [-0.15, -0.1) is 11.8 Å². The smallest absolute Gasteiger partial charge is 0.244 e. The molecule has 2 bridgehead atoms. The van der Waals surface area contributed by atoms with Gasteiger partial charge in [0.1, 0.15) is 11.8 Å². The average molecular weight is 636 g/mol. The molecule has 3 N–H and O–H groups in total. The standard InChI is InChI=1S/C36H49N3O5S/c1-8-44-26-16-14-24(15-17-26)37-31(41)28-27-18-22(2)36(45-27)29(28)33(43)39(25(20-40)19-23-12-10-9-11-13-23)30(36)32(42)38-35(6,7)21-34(3,4)5/h9-17,22,25,27-30,40H,8,18-21H2,1-7H3,(H,37,41)(H,38,42)/t22?,25-,27-,28+,29+,30?,36?/m1/s1. The van der Waals surface area contributed by atoms with E-state index in [9.17, 15) is 19.5 Å². The van der Waals surface area contributed by atoms with Gasteiger partial charge in [0.2, 0.25) is 17.7 Å². The topological polar surface area (TPSA) is 108 Å². The van der Waals surface area contributed by atoms with Crippen LogP contribution in [0.2, 0.25) is 0 Å². The first-order valence-electron chi connectivity index (χ1n) is 16.2. The lowest BCUT2D eigenvalue weighted by Gasteiger charge is -2.42. The first-order valence-corrected chi connectivity index (χ1v) is 17.1. The van der Waals surface area contributed by atoms with Crippen LogP contribution in [-0.2, 0) is 20.8 Å². The Labute approximate surface area is 272 Å². The number of thioether (sulfide) groups is 1. The van der Waals surface area contributed by atoms with Crippen molar-refractivity contribution in [3.05, 3.63) is 60.2 Å². The zero-order valence-electron chi connectivity index (χ0n) is 27.6. The molecule has 3 fully saturated rings. The fraction of sp³-hybridized carbons (Fsp3) is 0.583. The molecule has 3 heterocycles. The zero-order valence-corrected chi connectivity index (χ0v) is 28.4. The van der Waals surface area contributed by atoms with Gasteiger partial charge in [-0.1, -0.05) is 58.0 Å². The largest absolute Gasteiger partial charge is 0.494 e. The number of nitrogens with zero attached hydrogens (tertiary/aromatic N) is 1. The molecule has 0 radical (unpaired) electrons. The fourth-order valence-electron chi connectivity index (χ4n) is 8.39. The summed E-state index contributed by atoms with van der Waals surface area (Å²) in [5, 5.41) is 17.0. The number of aliphatic hydroxyl groups excluding tert-OH is 1. The van der Waals surface area contributed by atoms with Crippen molar-refractivity contribution in [1.82, 2.24) is 10.2 Å². The number of nitrogens with one attached hydrogen (secondary N) is 2. The number of aliphatic hydroxyl groups is 1. The normalized spacial score (nSPS) is 28.1. The van der Waals surface area contributed by atoms with E-state index in [2.05, 4.69) is 38.3 Å². The van der Waals surface area contributed by atoms with Crippen LogP contribution in [0.25, 0.3) is 0 Å². The van der Waals surface area contributed by atoms with Crippen molar-refractivity contribution in [3.63, 3.8) is 0 Å². The van der Waals surface area contributed by atoms with Gasteiger partial charge in [0.05, 0.1) is 35.8 Å². The van der Waals surface area contributed by atoms with Crippen molar-refractivity contribution in [1.29, 1.82) is 0 Å².